The highest BCUT2D eigenvalue weighted by atomic mass is 32.2. The van der Waals surface area contributed by atoms with Crippen LogP contribution in [0, 0.1) is 11.8 Å². The van der Waals surface area contributed by atoms with Crippen LogP contribution in [-0.4, -0.2) is 56.3 Å². The van der Waals surface area contributed by atoms with E-state index in [1.165, 1.54) is 22.5 Å². The average molecular weight is 432 g/mol. The van der Waals surface area contributed by atoms with Gasteiger partial charge in [0.2, 0.25) is 10.0 Å². The molecule has 158 valence electrons. The molecule has 0 amide bonds. The molecule has 0 aromatic carbocycles. The van der Waals surface area contributed by atoms with Gasteiger partial charge in [0.25, 0.3) is 0 Å². The highest BCUT2D eigenvalue weighted by Crippen LogP contribution is 2.30. The van der Waals surface area contributed by atoms with Gasteiger partial charge in [-0.15, -0.1) is 0 Å². The molecule has 0 aromatic rings. The second-order valence-corrected chi connectivity index (χ2v) is 12.3. The molecular weight excluding hydrogens is 402 g/mol. The summed E-state index contributed by atoms with van der Waals surface area (Å²) in [5.74, 6) is -1.34. The van der Waals surface area contributed by atoms with E-state index in [4.69, 9.17) is 0 Å². The van der Waals surface area contributed by atoms with Crippen LogP contribution >= 0.6 is 0 Å². The second-order valence-electron chi connectivity index (χ2n) is 8.11. The molecule has 2 atom stereocenters. The van der Waals surface area contributed by atoms with Crippen molar-refractivity contribution in [2.75, 3.05) is 18.8 Å². The first-order valence-electron chi connectivity index (χ1n) is 10.0. The third-order valence-electron chi connectivity index (χ3n) is 6.04. The molecule has 1 saturated heterocycles. The first kappa shape index (κ1) is 21.5. The fourth-order valence-corrected chi connectivity index (χ4v) is 7.91. The summed E-state index contributed by atoms with van der Waals surface area (Å²) in [6, 6.07) is 0. The van der Waals surface area contributed by atoms with Crippen LogP contribution in [0.15, 0.2) is 23.1 Å². The lowest BCUT2D eigenvalue weighted by Crippen LogP contribution is -2.46. The highest BCUT2D eigenvalue weighted by molar-refractivity contribution is 7.95. The van der Waals surface area contributed by atoms with Crippen LogP contribution in [0.25, 0.3) is 0 Å². The average Bonchev–Trinajstić information content (AvgIpc) is 2.68. The Morgan fingerprint density at radius 2 is 1.79 bits per heavy atom. The minimum Gasteiger partial charge on any atom is -0.481 e. The number of sulfone groups is 1. The van der Waals surface area contributed by atoms with Crippen molar-refractivity contribution in [2.45, 2.75) is 56.6 Å². The maximum absolute atomic E-state index is 12.9. The molecule has 1 unspecified atom stereocenters. The van der Waals surface area contributed by atoms with Crippen molar-refractivity contribution >= 4 is 25.8 Å². The second kappa shape index (κ2) is 8.67. The number of sulfonamides is 1. The summed E-state index contributed by atoms with van der Waals surface area (Å²) in [4.78, 5) is 11.4. The molecule has 1 aliphatic heterocycles. The topological polar surface area (TPSA) is 109 Å². The van der Waals surface area contributed by atoms with Gasteiger partial charge >= 0.3 is 5.97 Å². The standard InChI is InChI=1S/C19H29NO6S2/c21-19(22)16-7-4-12-20(13-16)28(25,26)18-10-8-17(9-11-18)27(23,24)14-15-5-2-1-3-6-15/h8-10,15-16,18H,1-7,11-14H2,(H,21,22)/t16-,18?/m0/s1. The molecule has 0 bridgehead atoms. The van der Waals surface area contributed by atoms with Gasteiger partial charge in [-0.1, -0.05) is 31.4 Å². The van der Waals surface area contributed by atoms with Crippen LogP contribution in [0.3, 0.4) is 0 Å². The van der Waals surface area contributed by atoms with Crippen molar-refractivity contribution in [1.29, 1.82) is 0 Å². The van der Waals surface area contributed by atoms with Crippen LogP contribution in [-0.2, 0) is 24.7 Å². The van der Waals surface area contributed by atoms with Gasteiger partial charge in [0.05, 0.1) is 21.8 Å². The summed E-state index contributed by atoms with van der Waals surface area (Å²) in [5, 5.41) is 8.34. The minimum atomic E-state index is -3.70. The molecule has 3 rings (SSSR count). The maximum atomic E-state index is 12.9. The van der Waals surface area contributed by atoms with E-state index in [1.54, 1.807) is 0 Å². The van der Waals surface area contributed by atoms with Gasteiger partial charge in [-0.25, -0.2) is 21.1 Å². The number of aliphatic carboxylic acids is 1. The van der Waals surface area contributed by atoms with E-state index in [0.717, 1.165) is 32.1 Å². The van der Waals surface area contributed by atoms with Crippen LogP contribution in [0.1, 0.15) is 51.4 Å². The zero-order valence-corrected chi connectivity index (χ0v) is 17.6. The van der Waals surface area contributed by atoms with Gasteiger partial charge in [-0.2, -0.15) is 0 Å². The van der Waals surface area contributed by atoms with Gasteiger partial charge in [0, 0.05) is 13.1 Å². The number of piperidine rings is 1. The molecule has 1 heterocycles. The summed E-state index contributed by atoms with van der Waals surface area (Å²) in [5.41, 5.74) is 0. The normalized spacial score (nSPS) is 28.1. The summed E-state index contributed by atoms with van der Waals surface area (Å²) >= 11 is 0. The Bertz CT molecular complexity index is 853. The van der Waals surface area contributed by atoms with Crippen molar-refractivity contribution < 1.29 is 26.7 Å². The van der Waals surface area contributed by atoms with Crippen LogP contribution in [0.2, 0.25) is 0 Å². The predicted molar refractivity (Wildman–Crippen MR) is 107 cm³/mol. The zero-order chi connectivity index (χ0) is 20.4. The van der Waals surface area contributed by atoms with E-state index < -0.39 is 37.0 Å². The number of allylic oxidation sites excluding steroid dienone is 2. The van der Waals surface area contributed by atoms with Gasteiger partial charge in [0.1, 0.15) is 0 Å². The van der Waals surface area contributed by atoms with Crippen molar-refractivity contribution in [3.63, 3.8) is 0 Å². The van der Waals surface area contributed by atoms with Crippen molar-refractivity contribution in [3.05, 3.63) is 23.1 Å². The summed E-state index contributed by atoms with van der Waals surface area (Å²) < 4.78 is 52.4. The Labute approximate surface area is 167 Å². The molecule has 0 spiro atoms. The molecule has 7 nitrogen and oxygen atoms in total. The molecule has 2 aliphatic carbocycles. The SMILES string of the molecule is O=C(O)[C@H]1CCCN(S(=O)(=O)C2C=CC(S(=O)(=O)CC3CCCCC3)=CC2)C1. The number of nitrogens with zero attached hydrogens (tertiary/aromatic N) is 1. The molecule has 2 fully saturated rings. The molecule has 1 saturated carbocycles. The third-order valence-corrected chi connectivity index (χ3v) is 10.1. The lowest BCUT2D eigenvalue weighted by molar-refractivity contribution is -0.142. The summed E-state index contributed by atoms with van der Waals surface area (Å²) in [6.07, 6.45) is 10.7. The van der Waals surface area contributed by atoms with Crippen molar-refractivity contribution in [3.8, 4) is 0 Å². The maximum Gasteiger partial charge on any atom is 0.307 e. The molecule has 1 N–H and O–H groups in total. The first-order valence-corrected chi connectivity index (χ1v) is 13.2. The van der Waals surface area contributed by atoms with Crippen molar-refractivity contribution in [2.24, 2.45) is 11.8 Å². The Hall–Kier alpha value is -1.19. The molecular formula is C19H29NO6S2. The van der Waals surface area contributed by atoms with Gasteiger partial charge < -0.3 is 5.11 Å². The number of hydrogen-bond donors (Lipinski definition) is 1. The zero-order valence-electron chi connectivity index (χ0n) is 16.0. The van der Waals surface area contributed by atoms with Crippen LogP contribution in [0.5, 0.6) is 0 Å². The van der Waals surface area contributed by atoms with Gasteiger partial charge in [-0.3, -0.25) is 4.79 Å². The van der Waals surface area contributed by atoms with Crippen LogP contribution in [0.4, 0.5) is 0 Å². The number of hydrogen-bond acceptors (Lipinski definition) is 5. The lowest BCUT2D eigenvalue weighted by Gasteiger charge is -2.32. The Morgan fingerprint density at radius 3 is 2.39 bits per heavy atom. The van der Waals surface area contributed by atoms with Gasteiger partial charge in [-0.05, 0) is 44.1 Å². The Balaban J connectivity index is 1.65. The molecule has 0 aromatic heterocycles. The Kier molecular flexibility index (Phi) is 6.66. The van der Waals surface area contributed by atoms with E-state index in [0.29, 0.717) is 19.4 Å². The van der Waals surface area contributed by atoms with E-state index in [-0.39, 0.29) is 29.5 Å². The van der Waals surface area contributed by atoms with E-state index in [1.807, 2.05) is 0 Å². The van der Waals surface area contributed by atoms with E-state index in [2.05, 4.69) is 0 Å². The summed E-state index contributed by atoms with van der Waals surface area (Å²) in [7, 11) is -7.11. The van der Waals surface area contributed by atoms with Gasteiger partial charge in [0.15, 0.2) is 9.84 Å². The largest absolute Gasteiger partial charge is 0.481 e. The number of carboxylic acids is 1. The fraction of sp³-hybridized carbons (Fsp3) is 0.737. The fourth-order valence-electron chi connectivity index (χ4n) is 4.36. The highest BCUT2D eigenvalue weighted by Gasteiger charge is 2.37. The molecule has 28 heavy (non-hydrogen) atoms. The predicted octanol–water partition coefficient (Wildman–Crippen LogP) is 2.32. The molecule has 3 aliphatic rings. The number of carboxylic acid groups (broad SMARTS) is 1. The monoisotopic (exact) mass is 431 g/mol. The smallest absolute Gasteiger partial charge is 0.307 e. The van der Waals surface area contributed by atoms with E-state index >= 15 is 0 Å². The van der Waals surface area contributed by atoms with Crippen LogP contribution < -0.4 is 0 Å². The first-order chi connectivity index (χ1) is 13.2. The molecule has 9 heteroatoms. The third kappa shape index (κ3) is 4.86. The van der Waals surface area contributed by atoms with Crippen molar-refractivity contribution in [1.82, 2.24) is 4.31 Å². The minimum absolute atomic E-state index is 0.0153. The molecule has 0 radical (unpaired) electrons. The summed E-state index contributed by atoms with van der Waals surface area (Å²) in [6.45, 7) is 0.297. The lowest BCUT2D eigenvalue weighted by atomic mass is 9.91. The Morgan fingerprint density at radius 1 is 1.07 bits per heavy atom. The quantitative estimate of drug-likeness (QED) is 0.691. The van der Waals surface area contributed by atoms with E-state index in [9.17, 15) is 26.7 Å². The number of rotatable bonds is 6. The number of carbonyl (C=O) groups is 1.